The SMILES string of the molecule is CC(C)(C)OC(=O)NCCCNC(=O)c1ccc(C=O)cc1.O=Cc1ccc(C(=O)O)cc1. The van der Waals surface area contributed by atoms with Crippen molar-refractivity contribution in [3.63, 3.8) is 0 Å². The predicted octanol–water partition coefficient (Wildman–Crippen LogP) is 3.34. The number of carbonyl (C=O) groups excluding carboxylic acids is 4. The molecule has 0 aliphatic rings. The van der Waals surface area contributed by atoms with Crippen LogP contribution in [-0.4, -0.2) is 54.3 Å². The van der Waals surface area contributed by atoms with Gasteiger partial charge in [0.1, 0.15) is 18.2 Å². The van der Waals surface area contributed by atoms with Gasteiger partial charge in [0.25, 0.3) is 5.91 Å². The quantitative estimate of drug-likeness (QED) is 0.409. The molecule has 0 unspecified atom stereocenters. The van der Waals surface area contributed by atoms with Crippen LogP contribution in [-0.2, 0) is 4.74 Å². The zero-order valence-corrected chi connectivity index (χ0v) is 18.8. The molecule has 0 saturated heterocycles. The van der Waals surface area contributed by atoms with Crippen LogP contribution in [0.3, 0.4) is 0 Å². The number of hydrogen-bond donors (Lipinski definition) is 3. The second-order valence-electron chi connectivity index (χ2n) is 7.82. The van der Waals surface area contributed by atoms with Crippen molar-refractivity contribution in [1.82, 2.24) is 10.6 Å². The lowest BCUT2D eigenvalue weighted by Gasteiger charge is -2.19. The van der Waals surface area contributed by atoms with Gasteiger partial charge in [0.2, 0.25) is 0 Å². The van der Waals surface area contributed by atoms with Gasteiger partial charge in [-0.05, 0) is 51.5 Å². The third kappa shape index (κ3) is 11.3. The summed E-state index contributed by atoms with van der Waals surface area (Å²) >= 11 is 0. The highest BCUT2D eigenvalue weighted by Gasteiger charge is 2.15. The first-order valence-corrected chi connectivity index (χ1v) is 10.1. The zero-order valence-electron chi connectivity index (χ0n) is 18.8. The van der Waals surface area contributed by atoms with Crippen molar-refractivity contribution in [2.24, 2.45) is 0 Å². The summed E-state index contributed by atoms with van der Waals surface area (Å²) in [6.07, 6.45) is 1.52. The van der Waals surface area contributed by atoms with Crippen LogP contribution in [0.2, 0.25) is 0 Å². The molecule has 0 bridgehead atoms. The molecule has 9 heteroatoms. The summed E-state index contributed by atoms with van der Waals surface area (Å²) in [5, 5.41) is 13.8. The molecule has 2 aromatic rings. The lowest BCUT2D eigenvalue weighted by Crippen LogP contribution is -2.34. The Morgan fingerprint density at radius 1 is 0.818 bits per heavy atom. The number of aldehydes is 2. The van der Waals surface area contributed by atoms with E-state index in [1.54, 1.807) is 45.0 Å². The Labute approximate surface area is 192 Å². The molecule has 176 valence electrons. The summed E-state index contributed by atoms with van der Waals surface area (Å²) in [4.78, 5) is 54.2. The average Bonchev–Trinajstić information content (AvgIpc) is 2.78. The first-order chi connectivity index (χ1) is 15.6. The number of rotatable bonds is 8. The number of alkyl carbamates (subject to hydrolysis) is 1. The maximum Gasteiger partial charge on any atom is 0.407 e. The fraction of sp³-hybridized carbons (Fsp3) is 0.292. The molecule has 2 amide bonds. The monoisotopic (exact) mass is 456 g/mol. The van der Waals surface area contributed by atoms with Gasteiger partial charge in [0.05, 0.1) is 5.56 Å². The molecule has 2 aromatic carbocycles. The van der Waals surface area contributed by atoms with E-state index >= 15 is 0 Å². The van der Waals surface area contributed by atoms with E-state index in [1.807, 2.05) is 0 Å². The molecular formula is C24H28N2O7. The van der Waals surface area contributed by atoms with Crippen molar-refractivity contribution < 1.29 is 33.8 Å². The highest BCUT2D eigenvalue weighted by atomic mass is 16.6. The lowest BCUT2D eigenvalue weighted by atomic mass is 10.1. The van der Waals surface area contributed by atoms with Gasteiger partial charge in [0, 0.05) is 29.8 Å². The fourth-order valence-corrected chi connectivity index (χ4v) is 2.31. The van der Waals surface area contributed by atoms with Gasteiger partial charge >= 0.3 is 12.1 Å². The minimum atomic E-state index is -0.984. The molecule has 9 nitrogen and oxygen atoms in total. The van der Waals surface area contributed by atoms with Gasteiger partial charge < -0.3 is 20.5 Å². The predicted molar refractivity (Wildman–Crippen MR) is 122 cm³/mol. The van der Waals surface area contributed by atoms with Crippen LogP contribution in [0.25, 0.3) is 0 Å². The highest BCUT2D eigenvalue weighted by molar-refractivity contribution is 5.94. The first-order valence-electron chi connectivity index (χ1n) is 10.1. The number of amides is 2. The molecule has 0 heterocycles. The second kappa shape index (κ2) is 13.4. The van der Waals surface area contributed by atoms with E-state index in [9.17, 15) is 24.0 Å². The minimum Gasteiger partial charge on any atom is -0.478 e. The van der Waals surface area contributed by atoms with Gasteiger partial charge in [-0.25, -0.2) is 9.59 Å². The minimum absolute atomic E-state index is 0.190. The van der Waals surface area contributed by atoms with E-state index in [-0.39, 0.29) is 11.5 Å². The van der Waals surface area contributed by atoms with Crippen LogP contribution >= 0.6 is 0 Å². The molecule has 0 aliphatic heterocycles. The van der Waals surface area contributed by atoms with E-state index in [0.29, 0.717) is 42.5 Å². The van der Waals surface area contributed by atoms with E-state index in [4.69, 9.17) is 9.84 Å². The Kier molecular flexibility index (Phi) is 11.0. The lowest BCUT2D eigenvalue weighted by molar-refractivity contribution is 0.0526. The van der Waals surface area contributed by atoms with Crippen molar-refractivity contribution in [2.45, 2.75) is 32.8 Å². The molecular weight excluding hydrogens is 428 g/mol. The van der Waals surface area contributed by atoms with E-state index < -0.39 is 17.7 Å². The largest absolute Gasteiger partial charge is 0.478 e. The Bertz CT molecular complexity index is 946. The number of aromatic carboxylic acids is 1. The molecule has 0 radical (unpaired) electrons. The van der Waals surface area contributed by atoms with Crippen LogP contribution in [0.15, 0.2) is 48.5 Å². The molecule has 3 N–H and O–H groups in total. The molecule has 0 spiro atoms. The van der Waals surface area contributed by atoms with Gasteiger partial charge in [-0.15, -0.1) is 0 Å². The normalized spacial score (nSPS) is 10.2. The third-order valence-electron chi connectivity index (χ3n) is 3.91. The van der Waals surface area contributed by atoms with Crippen LogP contribution in [0, 0.1) is 0 Å². The van der Waals surface area contributed by atoms with Gasteiger partial charge in [0.15, 0.2) is 0 Å². The molecule has 0 aliphatic carbocycles. The Balaban J connectivity index is 0.000000412. The smallest absolute Gasteiger partial charge is 0.407 e. The third-order valence-corrected chi connectivity index (χ3v) is 3.91. The fourth-order valence-electron chi connectivity index (χ4n) is 2.31. The molecule has 0 aromatic heterocycles. The number of benzene rings is 2. The molecule has 2 rings (SSSR count). The van der Waals surface area contributed by atoms with Gasteiger partial charge in [-0.1, -0.05) is 24.3 Å². The van der Waals surface area contributed by atoms with Crippen molar-refractivity contribution in [1.29, 1.82) is 0 Å². The number of hydrogen-bond acceptors (Lipinski definition) is 6. The topological polar surface area (TPSA) is 139 Å². The first kappa shape index (κ1) is 27.0. The van der Waals surface area contributed by atoms with E-state index in [2.05, 4.69) is 10.6 Å². The van der Waals surface area contributed by atoms with Crippen LogP contribution in [0.1, 0.15) is 68.6 Å². The number of nitrogens with one attached hydrogen (secondary N) is 2. The second-order valence-corrected chi connectivity index (χ2v) is 7.82. The van der Waals surface area contributed by atoms with E-state index in [1.165, 1.54) is 24.3 Å². The summed E-state index contributed by atoms with van der Waals surface area (Å²) in [7, 11) is 0. The van der Waals surface area contributed by atoms with Gasteiger partial charge in [-0.3, -0.25) is 14.4 Å². The molecule has 0 atom stereocenters. The zero-order chi connectivity index (χ0) is 24.9. The number of ether oxygens (including phenoxy) is 1. The number of carboxylic acid groups (broad SMARTS) is 1. The summed E-state index contributed by atoms with van der Waals surface area (Å²) in [5.41, 5.74) is 1.17. The van der Waals surface area contributed by atoms with Crippen LogP contribution < -0.4 is 10.6 Å². The summed E-state index contributed by atoms with van der Waals surface area (Å²) in [5.74, 6) is -1.20. The van der Waals surface area contributed by atoms with Crippen molar-refractivity contribution in [3.05, 3.63) is 70.8 Å². The standard InChI is InChI=1S/C16H22N2O4.C8H6O3/c1-16(2,3)22-15(21)18-10-4-9-17-14(20)13-7-5-12(11-19)6-8-13;9-5-6-1-3-7(4-2-6)8(10)11/h5-8,11H,4,9-10H2,1-3H3,(H,17,20)(H,18,21);1-5H,(H,10,11). The summed E-state index contributed by atoms with van der Waals surface area (Å²) in [6, 6.07) is 12.1. The van der Waals surface area contributed by atoms with Crippen molar-refractivity contribution in [2.75, 3.05) is 13.1 Å². The van der Waals surface area contributed by atoms with Crippen molar-refractivity contribution in [3.8, 4) is 0 Å². The highest BCUT2D eigenvalue weighted by Crippen LogP contribution is 2.06. The van der Waals surface area contributed by atoms with Crippen molar-refractivity contribution >= 4 is 30.5 Å². The molecule has 0 fully saturated rings. The average molecular weight is 456 g/mol. The summed E-state index contributed by atoms with van der Waals surface area (Å²) < 4.78 is 5.09. The summed E-state index contributed by atoms with van der Waals surface area (Å²) in [6.45, 7) is 6.23. The Morgan fingerprint density at radius 2 is 1.27 bits per heavy atom. The van der Waals surface area contributed by atoms with Crippen LogP contribution in [0.4, 0.5) is 4.79 Å². The van der Waals surface area contributed by atoms with Gasteiger partial charge in [-0.2, -0.15) is 0 Å². The Hall–Kier alpha value is -4.01. The number of carbonyl (C=O) groups is 5. The molecule has 0 saturated carbocycles. The number of carboxylic acids is 1. The van der Waals surface area contributed by atoms with E-state index in [0.717, 1.165) is 6.29 Å². The molecule has 33 heavy (non-hydrogen) atoms. The Morgan fingerprint density at radius 3 is 1.70 bits per heavy atom. The maximum absolute atomic E-state index is 11.8. The maximum atomic E-state index is 11.8. The van der Waals surface area contributed by atoms with Crippen LogP contribution in [0.5, 0.6) is 0 Å².